The third-order valence-corrected chi connectivity index (χ3v) is 5.09. The molecule has 2 aromatic carbocycles. The summed E-state index contributed by atoms with van der Waals surface area (Å²) >= 11 is 5.87. The van der Waals surface area contributed by atoms with Gasteiger partial charge in [-0.3, -0.25) is 14.3 Å². The fourth-order valence-corrected chi connectivity index (χ4v) is 3.55. The van der Waals surface area contributed by atoms with Crippen molar-refractivity contribution in [3.63, 3.8) is 0 Å². The normalized spacial score (nSPS) is 18.4. The molecule has 1 aromatic heterocycles. The fraction of sp³-hybridized carbons (Fsp3) is 0.200. The smallest absolute Gasteiger partial charge is 0.264 e. The largest absolute Gasteiger partial charge is 0.375 e. The summed E-state index contributed by atoms with van der Waals surface area (Å²) in [6.45, 7) is 0.720. The van der Waals surface area contributed by atoms with Gasteiger partial charge in [-0.2, -0.15) is 5.10 Å². The van der Waals surface area contributed by atoms with E-state index in [2.05, 4.69) is 10.1 Å². The van der Waals surface area contributed by atoms with E-state index in [0.717, 1.165) is 0 Å². The van der Waals surface area contributed by atoms with Gasteiger partial charge in [-0.15, -0.1) is 0 Å². The van der Waals surface area contributed by atoms with Crippen LogP contribution in [0.2, 0.25) is 5.02 Å². The van der Waals surface area contributed by atoms with Gasteiger partial charge in [0.25, 0.3) is 5.91 Å². The minimum atomic E-state index is -1.91. The average Bonchev–Trinajstić information content (AvgIpc) is 3.28. The second-order valence-corrected chi connectivity index (χ2v) is 7.04. The Kier molecular flexibility index (Phi) is 4.70. The monoisotopic (exact) mass is 396 g/mol. The van der Waals surface area contributed by atoms with E-state index in [1.807, 2.05) is 0 Å². The third kappa shape index (κ3) is 3.19. The summed E-state index contributed by atoms with van der Waals surface area (Å²) in [7, 11) is 0. The molecule has 1 aliphatic heterocycles. The number of aliphatic hydroxyl groups is 1. The van der Waals surface area contributed by atoms with Crippen LogP contribution in [0.4, 0.5) is 5.69 Å². The van der Waals surface area contributed by atoms with Crippen molar-refractivity contribution in [2.45, 2.75) is 18.6 Å². The number of para-hydroxylation sites is 1. The van der Waals surface area contributed by atoms with Gasteiger partial charge in [0.1, 0.15) is 12.7 Å². The van der Waals surface area contributed by atoms with Gasteiger partial charge in [0.2, 0.25) is 0 Å². The highest BCUT2D eigenvalue weighted by atomic mass is 35.5. The molecule has 0 saturated heterocycles. The van der Waals surface area contributed by atoms with Crippen molar-refractivity contribution in [3.05, 3.63) is 77.3 Å². The number of carbonyl (C=O) groups excluding carboxylic acids is 2. The van der Waals surface area contributed by atoms with Gasteiger partial charge in [-0.1, -0.05) is 29.8 Å². The Labute approximate surface area is 166 Å². The van der Waals surface area contributed by atoms with Gasteiger partial charge in [0, 0.05) is 22.7 Å². The summed E-state index contributed by atoms with van der Waals surface area (Å²) in [5, 5.41) is 15.8. The molecule has 1 amide bonds. The second-order valence-electron chi connectivity index (χ2n) is 6.60. The number of amides is 1. The van der Waals surface area contributed by atoms with E-state index in [-0.39, 0.29) is 12.2 Å². The number of carbonyl (C=O) groups is 2. The molecule has 0 saturated carbocycles. The van der Waals surface area contributed by atoms with Crippen LogP contribution >= 0.6 is 11.6 Å². The molecule has 3 aromatic rings. The topological polar surface area (TPSA) is 88.3 Å². The van der Waals surface area contributed by atoms with Crippen molar-refractivity contribution >= 4 is 29.0 Å². The van der Waals surface area contributed by atoms with Crippen molar-refractivity contribution in [3.8, 4) is 0 Å². The molecule has 4 rings (SSSR count). The number of Topliss-reactive ketones (excluding diaryl/α,β-unsaturated/α-hetero) is 1. The summed E-state index contributed by atoms with van der Waals surface area (Å²) in [5.74, 6) is -0.850. The lowest BCUT2D eigenvalue weighted by Crippen LogP contribution is -2.43. The van der Waals surface area contributed by atoms with Gasteiger partial charge in [-0.25, -0.2) is 4.98 Å². The van der Waals surface area contributed by atoms with Crippen LogP contribution in [0.15, 0.2) is 61.2 Å². The molecular weight excluding hydrogens is 380 g/mol. The molecule has 28 heavy (non-hydrogen) atoms. The minimum absolute atomic E-state index is 0.302. The summed E-state index contributed by atoms with van der Waals surface area (Å²) < 4.78 is 1.60. The number of ketones is 1. The summed E-state index contributed by atoms with van der Waals surface area (Å²) in [4.78, 5) is 31.2. The molecule has 1 unspecified atom stereocenters. The van der Waals surface area contributed by atoms with Crippen LogP contribution < -0.4 is 4.90 Å². The number of fused-ring (bicyclic) bond motifs is 1. The van der Waals surface area contributed by atoms with Crippen LogP contribution in [0.1, 0.15) is 22.3 Å². The molecule has 0 fully saturated rings. The Morgan fingerprint density at radius 2 is 1.86 bits per heavy atom. The number of halogens is 1. The first-order valence-corrected chi connectivity index (χ1v) is 9.12. The molecule has 142 valence electrons. The maximum atomic E-state index is 13.1. The standard InChI is InChI=1S/C20H17ClN4O3/c21-15-7-5-14(6-8-15)18(26)11-20(28)16-3-1-2-4-17(16)25(19(20)27)10-9-24-13-22-12-23-24/h1-8,12-13,28H,9-11H2. The summed E-state index contributed by atoms with van der Waals surface area (Å²) in [6, 6.07) is 13.4. The number of benzene rings is 2. The molecule has 1 aliphatic rings. The SMILES string of the molecule is O=C(CC1(O)C(=O)N(CCn2cncn2)c2ccccc21)c1ccc(Cl)cc1. The predicted octanol–water partition coefficient (Wildman–Crippen LogP) is 2.44. The molecule has 7 nitrogen and oxygen atoms in total. The van der Waals surface area contributed by atoms with Gasteiger partial charge in [0.05, 0.1) is 18.7 Å². The predicted molar refractivity (Wildman–Crippen MR) is 103 cm³/mol. The van der Waals surface area contributed by atoms with Crippen LogP contribution in [0.25, 0.3) is 0 Å². The maximum absolute atomic E-state index is 13.1. The van der Waals surface area contributed by atoms with Crippen molar-refractivity contribution in [1.82, 2.24) is 14.8 Å². The van der Waals surface area contributed by atoms with Crippen molar-refractivity contribution < 1.29 is 14.7 Å². The van der Waals surface area contributed by atoms with Crippen molar-refractivity contribution in [1.29, 1.82) is 0 Å². The van der Waals surface area contributed by atoms with E-state index in [4.69, 9.17) is 11.6 Å². The highest BCUT2D eigenvalue weighted by Crippen LogP contribution is 2.42. The summed E-state index contributed by atoms with van der Waals surface area (Å²) in [5.41, 5.74) is -0.487. The maximum Gasteiger partial charge on any atom is 0.264 e. The molecule has 8 heteroatoms. The highest BCUT2D eigenvalue weighted by Gasteiger charge is 2.50. The van der Waals surface area contributed by atoms with Crippen LogP contribution in [0.3, 0.4) is 0 Å². The highest BCUT2D eigenvalue weighted by molar-refractivity contribution is 6.30. The third-order valence-electron chi connectivity index (χ3n) is 4.84. The van der Waals surface area contributed by atoms with Gasteiger partial charge in [-0.05, 0) is 30.3 Å². The average molecular weight is 397 g/mol. The number of nitrogens with zero attached hydrogens (tertiary/aromatic N) is 4. The van der Waals surface area contributed by atoms with Crippen LogP contribution in [0.5, 0.6) is 0 Å². The molecule has 1 atom stereocenters. The van der Waals surface area contributed by atoms with Gasteiger partial charge >= 0.3 is 0 Å². The summed E-state index contributed by atoms with van der Waals surface area (Å²) in [6.07, 6.45) is 2.63. The Morgan fingerprint density at radius 3 is 2.57 bits per heavy atom. The lowest BCUT2D eigenvalue weighted by atomic mass is 9.88. The quantitative estimate of drug-likeness (QED) is 0.646. The molecule has 1 N–H and O–H groups in total. The zero-order valence-corrected chi connectivity index (χ0v) is 15.6. The van der Waals surface area contributed by atoms with Crippen LogP contribution in [-0.4, -0.2) is 38.1 Å². The lowest BCUT2D eigenvalue weighted by Gasteiger charge is -2.22. The first-order chi connectivity index (χ1) is 13.5. The number of aromatic nitrogens is 3. The van der Waals surface area contributed by atoms with E-state index in [0.29, 0.717) is 34.9 Å². The number of hydrogen-bond acceptors (Lipinski definition) is 5. The zero-order valence-electron chi connectivity index (χ0n) is 14.8. The van der Waals surface area contributed by atoms with E-state index >= 15 is 0 Å². The Balaban J connectivity index is 1.61. The molecule has 0 aliphatic carbocycles. The Morgan fingerprint density at radius 1 is 1.11 bits per heavy atom. The van der Waals surface area contributed by atoms with E-state index in [1.165, 1.54) is 11.2 Å². The zero-order chi connectivity index (χ0) is 19.7. The first kappa shape index (κ1) is 18.3. The number of rotatable bonds is 6. The number of anilines is 1. The van der Waals surface area contributed by atoms with Crippen LogP contribution in [-0.2, 0) is 16.9 Å². The number of hydrogen-bond donors (Lipinski definition) is 1. The minimum Gasteiger partial charge on any atom is -0.375 e. The fourth-order valence-electron chi connectivity index (χ4n) is 3.42. The molecule has 0 bridgehead atoms. The van der Waals surface area contributed by atoms with E-state index < -0.39 is 11.5 Å². The molecule has 0 spiro atoms. The Hall–Kier alpha value is -3.03. The Bertz CT molecular complexity index is 1020. The van der Waals surface area contributed by atoms with Crippen molar-refractivity contribution in [2.75, 3.05) is 11.4 Å². The molecule has 0 radical (unpaired) electrons. The van der Waals surface area contributed by atoms with Gasteiger partial charge < -0.3 is 10.0 Å². The van der Waals surface area contributed by atoms with Crippen LogP contribution in [0, 0.1) is 0 Å². The van der Waals surface area contributed by atoms with E-state index in [9.17, 15) is 14.7 Å². The molecule has 2 heterocycles. The molecular formula is C20H17ClN4O3. The first-order valence-electron chi connectivity index (χ1n) is 8.74. The second kappa shape index (κ2) is 7.18. The van der Waals surface area contributed by atoms with E-state index in [1.54, 1.807) is 59.5 Å². The lowest BCUT2D eigenvalue weighted by molar-refractivity contribution is -0.135. The van der Waals surface area contributed by atoms with Gasteiger partial charge in [0.15, 0.2) is 11.4 Å². The van der Waals surface area contributed by atoms with Crippen molar-refractivity contribution in [2.24, 2.45) is 0 Å².